The second-order valence-corrected chi connectivity index (χ2v) is 6.58. The molecule has 0 bridgehead atoms. The predicted octanol–water partition coefficient (Wildman–Crippen LogP) is 4.09. The van der Waals surface area contributed by atoms with Crippen molar-refractivity contribution in [2.45, 2.75) is 19.4 Å². The number of hydrogen-bond donors (Lipinski definition) is 0. The molecule has 1 atom stereocenters. The van der Waals surface area contributed by atoms with Crippen molar-refractivity contribution < 1.29 is 0 Å². The summed E-state index contributed by atoms with van der Waals surface area (Å²) in [6.45, 7) is 2.92. The van der Waals surface area contributed by atoms with Gasteiger partial charge in [0.1, 0.15) is 0 Å². The highest BCUT2D eigenvalue weighted by Gasteiger charge is 2.27. The van der Waals surface area contributed by atoms with Gasteiger partial charge in [0.15, 0.2) is 5.82 Å². The Morgan fingerprint density at radius 3 is 2.88 bits per heavy atom. The van der Waals surface area contributed by atoms with Crippen LogP contribution in [-0.4, -0.2) is 26.3 Å². The number of anilines is 1. The van der Waals surface area contributed by atoms with E-state index >= 15 is 0 Å². The Morgan fingerprint density at radius 1 is 1.21 bits per heavy atom. The maximum absolute atomic E-state index is 6.35. The fourth-order valence-electron chi connectivity index (χ4n) is 3.14. The normalized spacial score (nSPS) is 17.0. The van der Waals surface area contributed by atoms with Gasteiger partial charge in [-0.3, -0.25) is 0 Å². The zero-order valence-corrected chi connectivity index (χ0v) is 14.5. The van der Waals surface area contributed by atoms with Crippen LogP contribution in [0.4, 0.5) is 5.95 Å². The minimum atomic E-state index is 0.0952. The van der Waals surface area contributed by atoms with Crippen LogP contribution in [0.15, 0.2) is 42.9 Å². The van der Waals surface area contributed by atoms with Crippen molar-refractivity contribution in [3.8, 4) is 5.82 Å². The lowest BCUT2D eigenvalue weighted by Crippen LogP contribution is -2.35. The lowest BCUT2D eigenvalue weighted by molar-refractivity contribution is 0.606. The van der Waals surface area contributed by atoms with Crippen LogP contribution in [0.5, 0.6) is 0 Å². The molecular formula is C17H15Cl2N5. The number of fused-ring (bicyclic) bond motifs is 1. The first kappa shape index (κ1) is 15.4. The predicted molar refractivity (Wildman–Crippen MR) is 95.1 cm³/mol. The molecule has 0 aliphatic carbocycles. The van der Waals surface area contributed by atoms with Gasteiger partial charge >= 0.3 is 0 Å². The Morgan fingerprint density at radius 2 is 2.08 bits per heavy atom. The first-order chi connectivity index (χ1) is 11.6. The van der Waals surface area contributed by atoms with E-state index in [1.165, 1.54) is 0 Å². The minimum Gasteiger partial charge on any atom is -0.334 e. The third-order valence-corrected chi connectivity index (χ3v) is 4.89. The van der Waals surface area contributed by atoms with Gasteiger partial charge in [0.25, 0.3) is 0 Å². The summed E-state index contributed by atoms with van der Waals surface area (Å²) in [5, 5.41) is 5.61. The highest BCUT2D eigenvalue weighted by molar-refractivity contribution is 6.35. The Bertz CT molecular complexity index is 879. The quantitative estimate of drug-likeness (QED) is 0.691. The molecule has 1 unspecified atom stereocenters. The van der Waals surface area contributed by atoms with Gasteiger partial charge in [0.05, 0.1) is 6.04 Å². The smallest absolute Gasteiger partial charge is 0.227 e. The van der Waals surface area contributed by atoms with Crippen LogP contribution in [0, 0.1) is 0 Å². The van der Waals surface area contributed by atoms with E-state index in [1.807, 2.05) is 24.4 Å². The molecule has 1 aromatic carbocycles. The molecule has 2 aromatic heterocycles. The molecule has 24 heavy (non-hydrogen) atoms. The highest BCUT2D eigenvalue weighted by atomic mass is 35.5. The maximum Gasteiger partial charge on any atom is 0.227 e. The van der Waals surface area contributed by atoms with E-state index < -0.39 is 0 Å². The zero-order valence-electron chi connectivity index (χ0n) is 13.0. The topological polar surface area (TPSA) is 46.8 Å². The molecular weight excluding hydrogens is 345 g/mol. The Hall–Kier alpha value is -2.11. The van der Waals surface area contributed by atoms with Gasteiger partial charge in [-0.2, -0.15) is 10.1 Å². The van der Waals surface area contributed by atoms with Crippen molar-refractivity contribution in [3.63, 3.8) is 0 Å². The van der Waals surface area contributed by atoms with Crippen LogP contribution in [0.25, 0.3) is 5.82 Å². The fourth-order valence-corrected chi connectivity index (χ4v) is 3.74. The van der Waals surface area contributed by atoms with Crippen LogP contribution < -0.4 is 4.90 Å². The van der Waals surface area contributed by atoms with E-state index in [1.54, 1.807) is 23.1 Å². The molecule has 0 N–H and O–H groups in total. The first-order valence-corrected chi connectivity index (χ1v) is 8.46. The van der Waals surface area contributed by atoms with E-state index in [2.05, 4.69) is 26.9 Å². The average molecular weight is 360 g/mol. The molecule has 0 spiro atoms. The van der Waals surface area contributed by atoms with Crippen LogP contribution in [0.1, 0.15) is 24.1 Å². The number of halogens is 2. The van der Waals surface area contributed by atoms with Crippen LogP contribution >= 0.6 is 23.2 Å². The largest absolute Gasteiger partial charge is 0.334 e. The van der Waals surface area contributed by atoms with Gasteiger partial charge in [-0.25, -0.2) is 9.67 Å². The zero-order chi connectivity index (χ0) is 16.7. The second-order valence-electron chi connectivity index (χ2n) is 5.74. The summed E-state index contributed by atoms with van der Waals surface area (Å²) in [6, 6.07) is 7.59. The van der Waals surface area contributed by atoms with Gasteiger partial charge in [0.2, 0.25) is 5.95 Å². The van der Waals surface area contributed by atoms with Crippen molar-refractivity contribution in [3.05, 3.63) is 64.0 Å². The summed E-state index contributed by atoms with van der Waals surface area (Å²) in [5.41, 5.74) is 2.29. The highest BCUT2D eigenvalue weighted by Crippen LogP contribution is 2.37. The molecule has 0 radical (unpaired) electrons. The Kier molecular flexibility index (Phi) is 3.90. The number of hydrogen-bond acceptors (Lipinski definition) is 4. The third kappa shape index (κ3) is 2.64. The van der Waals surface area contributed by atoms with Crippen molar-refractivity contribution in [1.82, 2.24) is 19.7 Å². The molecule has 0 saturated heterocycles. The molecule has 3 aromatic rings. The van der Waals surface area contributed by atoms with E-state index in [0.717, 1.165) is 34.9 Å². The SMILES string of the molecule is CC1c2cc(Cl)cc(Cl)c2CCN1c1nccc(-n2cccn2)n1. The molecule has 7 heteroatoms. The summed E-state index contributed by atoms with van der Waals surface area (Å²) < 4.78 is 1.72. The summed E-state index contributed by atoms with van der Waals surface area (Å²) in [6.07, 6.45) is 6.18. The van der Waals surface area contributed by atoms with Crippen molar-refractivity contribution in [1.29, 1.82) is 0 Å². The number of nitrogens with zero attached hydrogens (tertiary/aromatic N) is 5. The van der Waals surface area contributed by atoms with E-state index in [9.17, 15) is 0 Å². The summed E-state index contributed by atoms with van der Waals surface area (Å²) in [7, 11) is 0. The summed E-state index contributed by atoms with van der Waals surface area (Å²) in [4.78, 5) is 11.3. The second kappa shape index (κ2) is 6.07. The molecule has 5 nitrogen and oxygen atoms in total. The van der Waals surface area contributed by atoms with Crippen LogP contribution in [-0.2, 0) is 6.42 Å². The third-order valence-electron chi connectivity index (χ3n) is 4.34. The van der Waals surface area contributed by atoms with Crippen LogP contribution in [0.2, 0.25) is 10.0 Å². The summed E-state index contributed by atoms with van der Waals surface area (Å²) >= 11 is 12.5. The molecule has 0 fully saturated rings. The average Bonchev–Trinajstić information content (AvgIpc) is 3.10. The number of aromatic nitrogens is 4. The van der Waals surface area contributed by atoms with E-state index in [-0.39, 0.29) is 6.04 Å². The van der Waals surface area contributed by atoms with Gasteiger partial charge in [-0.05, 0) is 42.7 Å². The standard InChI is InChI=1S/C17H15Cl2N5/c1-11-14-9-12(18)10-15(19)13(14)4-8-23(11)17-20-6-3-16(22-17)24-7-2-5-21-24/h2-3,5-7,9-11H,4,8H2,1H3. The lowest BCUT2D eigenvalue weighted by atomic mass is 9.94. The molecule has 4 rings (SSSR count). The molecule has 1 aliphatic rings. The van der Waals surface area contributed by atoms with Crippen molar-refractivity contribution in [2.24, 2.45) is 0 Å². The van der Waals surface area contributed by atoms with Gasteiger partial charge in [-0.15, -0.1) is 0 Å². The Balaban J connectivity index is 1.72. The monoisotopic (exact) mass is 359 g/mol. The Labute approximate surface area is 149 Å². The van der Waals surface area contributed by atoms with Crippen LogP contribution in [0.3, 0.4) is 0 Å². The molecule has 0 amide bonds. The van der Waals surface area contributed by atoms with Crippen molar-refractivity contribution in [2.75, 3.05) is 11.4 Å². The molecule has 122 valence electrons. The fraction of sp³-hybridized carbons (Fsp3) is 0.235. The first-order valence-electron chi connectivity index (χ1n) is 7.71. The van der Waals surface area contributed by atoms with E-state index in [0.29, 0.717) is 11.0 Å². The number of benzene rings is 1. The lowest BCUT2D eigenvalue weighted by Gasteiger charge is -2.35. The van der Waals surface area contributed by atoms with E-state index in [4.69, 9.17) is 23.2 Å². The van der Waals surface area contributed by atoms with Gasteiger partial charge in [0, 0.05) is 41.2 Å². The van der Waals surface area contributed by atoms with Gasteiger partial charge < -0.3 is 4.90 Å². The molecule has 1 aliphatic heterocycles. The molecule has 0 saturated carbocycles. The molecule has 3 heterocycles. The minimum absolute atomic E-state index is 0.0952. The number of rotatable bonds is 2. The van der Waals surface area contributed by atoms with Gasteiger partial charge in [-0.1, -0.05) is 23.2 Å². The van der Waals surface area contributed by atoms with Crippen molar-refractivity contribution >= 4 is 29.2 Å². The summed E-state index contributed by atoms with van der Waals surface area (Å²) in [5.74, 6) is 1.42. The maximum atomic E-state index is 6.35.